The summed E-state index contributed by atoms with van der Waals surface area (Å²) >= 11 is 0. The molecular formula is C10H14F4. The molecule has 82 valence electrons. The molecule has 0 spiro atoms. The molecule has 2 fully saturated rings. The zero-order chi connectivity index (χ0) is 10.6. The summed E-state index contributed by atoms with van der Waals surface area (Å²) < 4.78 is 50.2. The number of rotatable bonds is 2. The van der Waals surface area contributed by atoms with Crippen molar-refractivity contribution in [3.05, 3.63) is 0 Å². The van der Waals surface area contributed by atoms with Crippen LogP contribution in [0.4, 0.5) is 17.6 Å². The van der Waals surface area contributed by atoms with Crippen molar-refractivity contribution in [1.29, 1.82) is 0 Å². The molecule has 0 bridgehead atoms. The second-order valence-electron chi connectivity index (χ2n) is 4.91. The molecule has 0 nitrogen and oxygen atoms in total. The second kappa shape index (κ2) is 2.86. The van der Waals surface area contributed by atoms with E-state index in [9.17, 15) is 17.6 Å². The SMILES string of the molecule is CC(C1CC(F)(F)C1)C1CC(F)(F)C1. The van der Waals surface area contributed by atoms with Gasteiger partial charge in [-0.05, 0) is 17.8 Å². The molecule has 2 saturated carbocycles. The third-order valence-corrected chi connectivity index (χ3v) is 3.73. The van der Waals surface area contributed by atoms with Gasteiger partial charge in [-0.1, -0.05) is 6.92 Å². The number of halogens is 4. The van der Waals surface area contributed by atoms with E-state index in [1.807, 2.05) is 6.92 Å². The zero-order valence-corrected chi connectivity index (χ0v) is 8.07. The first kappa shape index (κ1) is 10.2. The van der Waals surface area contributed by atoms with Crippen LogP contribution in [0.1, 0.15) is 32.6 Å². The Balaban J connectivity index is 1.79. The van der Waals surface area contributed by atoms with Crippen LogP contribution < -0.4 is 0 Å². The van der Waals surface area contributed by atoms with Gasteiger partial charge in [0.25, 0.3) is 0 Å². The van der Waals surface area contributed by atoms with Crippen LogP contribution in [0.25, 0.3) is 0 Å². The van der Waals surface area contributed by atoms with E-state index >= 15 is 0 Å². The van der Waals surface area contributed by atoms with Gasteiger partial charge in [0.05, 0.1) is 0 Å². The Bertz CT molecular complexity index is 196. The third kappa shape index (κ3) is 1.75. The van der Waals surface area contributed by atoms with E-state index < -0.39 is 11.8 Å². The van der Waals surface area contributed by atoms with E-state index in [1.165, 1.54) is 0 Å². The highest BCUT2D eigenvalue weighted by molar-refractivity contribution is 4.96. The van der Waals surface area contributed by atoms with Crippen molar-refractivity contribution in [2.45, 2.75) is 44.5 Å². The molecule has 0 aromatic carbocycles. The van der Waals surface area contributed by atoms with Gasteiger partial charge in [0.1, 0.15) is 0 Å². The largest absolute Gasteiger partial charge is 0.248 e. The van der Waals surface area contributed by atoms with Crippen molar-refractivity contribution >= 4 is 0 Å². The van der Waals surface area contributed by atoms with Gasteiger partial charge in [0.15, 0.2) is 0 Å². The van der Waals surface area contributed by atoms with Gasteiger partial charge in [-0.2, -0.15) is 0 Å². The van der Waals surface area contributed by atoms with E-state index in [2.05, 4.69) is 0 Å². The van der Waals surface area contributed by atoms with Crippen LogP contribution in [0.15, 0.2) is 0 Å². The Morgan fingerprint density at radius 3 is 1.36 bits per heavy atom. The summed E-state index contributed by atoms with van der Waals surface area (Å²) in [6.45, 7) is 1.83. The predicted molar refractivity (Wildman–Crippen MR) is 44.5 cm³/mol. The lowest BCUT2D eigenvalue weighted by atomic mass is 9.63. The summed E-state index contributed by atoms with van der Waals surface area (Å²) in [4.78, 5) is 0. The lowest BCUT2D eigenvalue weighted by Gasteiger charge is -2.46. The summed E-state index contributed by atoms with van der Waals surface area (Å²) in [5.41, 5.74) is 0. The van der Waals surface area contributed by atoms with E-state index in [0.29, 0.717) is 0 Å². The maximum atomic E-state index is 12.5. The molecule has 0 aromatic heterocycles. The summed E-state index contributed by atoms with van der Waals surface area (Å²) in [6.07, 6.45) is -0.404. The fraction of sp³-hybridized carbons (Fsp3) is 1.00. The molecule has 0 N–H and O–H groups in total. The zero-order valence-electron chi connectivity index (χ0n) is 8.07. The maximum absolute atomic E-state index is 12.5. The van der Waals surface area contributed by atoms with Crippen LogP contribution >= 0.6 is 0 Å². The highest BCUT2D eigenvalue weighted by Gasteiger charge is 2.54. The first-order valence-corrected chi connectivity index (χ1v) is 5.05. The molecule has 2 aliphatic carbocycles. The predicted octanol–water partition coefficient (Wildman–Crippen LogP) is 3.71. The van der Waals surface area contributed by atoms with Crippen LogP contribution in [-0.4, -0.2) is 11.8 Å². The Morgan fingerprint density at radius 1 is 0.857 bits per heavy atom. The fourth-order valence-corrected chi connectivity index (χ4v) is 2.54. The number of hydrogen-bond donors (Lipinski definition) is 0. The Kier molecular flexibility index (Phi) is 2.09. The fourth-order valence-electron chi connectivity index (χ4n) is 2.54. The van der Waals surface area contributed by atoms with Crippen LogP contribution in [0.2, 0.25) is 0 Å². The number of hydrogen-bond acceptors (Lipinski definition) is 0. The minimum atomic E-state index is -2.52. The van der Waals surface area contributed by atoms with Crippen molar-refractivity contribution in [3.63, 3.8) is 0 Å². The molecule has 0 unspecified atom stereocenters. The lowest BCUT2D eigenvalue weighted by Crippen LogP contribution is -2.46. The van der Waals surface area contributed by atoms with Crippen LogP contribution in [0.5, 0.6) is 0 Å². The first-order valence-electron chi connectivity index (χ1n) is 5.05. The van der Waals surface area contributed by atoms with Gasteiger partial charge in [0.2, 0.25) is 11.8 Å². The molecule has 2 rings (SSSR count). The average molecular weight is 210 g/mol. The van der Waals surface area contributed by atoms with Gasteiger partial charge < -0.3 is 0 Å². The minimum Gasteiger partial charge on any atom is -0.207 e. The van der Waals surface area contributed by atoms with E-state index in [4.69, 9.17) is 0 Å². The molecule has 14 heavy (non-hydrogen) atoms. The van der Waals surface area contributed by atoms with Crippen molar-refractivity contribution in [2.75, 3.05) is 0 Å². The molecule has 0 heterocycles. The number of alkyl halides is 4. The maximum Gasteiger partial charge on any atom is 0.248 e. The van der Waals surface area contributed by atoms with Gasteiger partial charge in [-0.15, -0.1) is 0 Å². The summed E-state index contributed by atoms with van der Waals surface area (Å²) in [6, 6.07) is 0. The molecule has 0 radical (unpaired) electrons. The van der Waals surface area contributed by atoms with Gasteiger partial charge in [-0.3, -0.25) is 0 Å². The second-order valence-corrected chi connectivity index (χ2v) is 4.91. The molecule has 0 aromatic rings. The van der Waals surface area contributed by atoms with Crippen molar-refractivity contribution in [2.24, 2.45) is 17.8 Å². The van der Waals surface area contributed by atoms with Crippen LogP contribution in [0, 0.1) is 17.8 Å². The Labute approximate surface area is 80.7 Å². The Hall–Kier alpha value is -0.280. The smallest absolute Gasteiger partial charge is 0.207 e. The Morgan fingerprint density at radius 2 is 1.14 bits per heavy atom. The highest BCUT2D eigenvalue weighted by atomic mass is 19.3. The monoisotopic (exact) mass is 210 g/mol. The lowest BCUT2D eigenvalue weighted by molar-refractivity contribution is -0.167. The summed E-state index contributed by atoms with van der Waals surface area (Å²) in [5, 5.41) is 0. The third-order valence-electron chi connectivity index (χ3n) is 3.73. The topological polar surface area (TPSA) is 0 Å². The van der Waals surface area contributed by atoms with E-state index in [1.54, 1.807) is 0 Å². The summed E-state index contributed by atoms with van der Waals surface area (Å²) in [5.74, 6) is -5.08. The molecule has 2 aliphatic rings. The van der Waals surface area contributed by atoms with Gasteiger partial charge in [0, 0.05) is 25.7 Å². The average Bonchev–Trinajstić information content (AvgIpc) is 1.93. The molecule has 0 amide bonds. The van der Waals surface area contributed by atoms with Crippen molar-refractivity contribution in [3.8, 4) is 0 Å². The minimum absolute atomic E-state index is 0.0360. The molecule has 0 aliphatic heterocycles. The van der Waals surface area contributed by atoms with Gasteiger partial charge >= 0.3 is 0 Å². The molecule has 0 atom stereocenters. The van der Waals surface area contributed by atoms with Crippen LogP contribution in [0.3, 0.4) is 0 Å². The van der Waals surface area contributed by atoms with E-state index in [-0.39, 0.29) is 43.4 Å². The van der Waals surface area contributed by atoms with Crippen molar-refractivity contribution in [1.82, 2.24) is 0 Å². The van der Waals surface area contributed by atoms with Crippen LogP contribution in [-0.2, 0) is 0 Å². The van der Waals surface area contributed by atoms with E-state index in [0.717, 1.165) is 0 Å². The normalized spacial score (nSPS) is 31.3. The standard InChI is InChI=1S/C10H14F4/c1-6(7-2-9(11,12)3-7)8-4-10(13,14)5-8/h6-8H,2-5H2,1H3. The summed E-state index contributed by atoms with van der Waals surface area (Å²) in [7, 11) is 0. The molecule has 0 saturated heterocycles. The van der Waals surface area contributed by atoms with Gasteiger partial charge in [-0.25, -0.2) is 17.6 Å². The highest BCUT2D eigenvalue weighted by Crippen LogP contribution is 2.54. The quantitative estimate of drug-likeness (QED) is 0.609. The first-order chi connectivity index (χ1) is 6.29. The molecule has 4 heteroatoms. The molecular weight excluding hydrogens is 196 g/mol. The van der Waals surface area contributed by atoms with Crippen molar-refractivity contribution < 1.29 is 17.6 Å².